The Labute approximate surface area is 136 Å². The summed E-state index contributed by atoms with van der Waals surface area (Å²) in [5.74, 6) is 1.25. The largest absolute Gasteiger partial charge is 0.497 e. The molecule has 8 heteroatoms. The molecule has 1 heterocycles. The summed E-state index contributed by atoms with van der Waals surface area (Å²) in [6.07, 6.45) is 0. The number of halogens is 1. The van der Waals surface area contributed by atoms with E-state index in [0.717, 1.165) is 15.1 Å². The second-order valence-electron chi connectivity index (χ2n) is 4.06. The first-order valence-electron chi connectivity index (χ1n) is 5.92. The monoisotopic (exact) mass is 391 g/mol. The van der Waals surface area contributed by atoms with Crippen LogP contribution >= 0.6 is 27.3 Å². The van der Waals surface area contributed by atoms with Gasteiger partial charge in [0, 0.05) is 12.1 Å². The zero-order valence-electron chi connectivity index (χ0n) is 11.4. The average molecular weight is 392 g/mol. The molecule has 0 bridgehead atoms. The summed E-state index contributed by atoms with van der Waals surface area (Å²) in [6, 6.07) is 8.49. The van der Waals surface area contributed by atoms with Gasteiger partial charge in [0.05, 0.1) is 18.0 Å². The lowest BCUT2D eigenvalue weighted by Gasteiger charge is -2.11. The van der Waals surface area contributed by atoms with Crippen LogP contribution in [0, 0.1) is 0 Å². The van der Waals surface area contributed by atoms with Crippen molar-refractivity contribution >= 4 is 37.3 Å². The highest BCUT2D eigenvalue weighted by molar-refractivity contribution is 9.11. The molecule has 0 aliphatic rings. The summed E-state index contributed by atoms with van der Waals surface area (Å²) in [6.45, 7) is 0.123. The number of benzene rings is 1. The maximum atomic E-state index is 12.2. The van der Waals surface area contributed by atoms with Gasteiger partial charge >= 0.3 is 0 Å². The molecular formula is C13H14BrNO4S2. The molecule has 0 saturated carbocycles. The fourth-order valence-electron chi connectivity index (χ4n) is 1.71. The van der Waals surface area contributed by atoms with Crippen LogP contribution in [-0.4, -0.2) is 22.6 Å². The molecule has 0 fully saturated rings. The minimum absolute atomic E-state index is 0.123. The number of nitrogens with one attached hydrogen (secondary N) is 1. The molecule has 0 aliphatic heterocycles. The number of sulfonamides is 1. The zero-order valence-corrected chi connectivity index (χ0v) is 14.6. The molecule has 0 atom stereocenters. The highest BCUT2D eigenvalue weighted by Gasteiger charge is 2.17. The zero-order chi connectivity index (χ0) is 15.5. The summed E-state index contributed by atoms with van der Waals surface area (Å²) in [5, 5.41) is 0. The van der Waals surface area contributed by atoms with E-state index in [1.54, 1.807) is 37.4 Å². The third kappa shape index (κ3) is 3.97. The van der Waals surface area contributed by atoms with Crippen LogP contribution < -0.4 is 14.2 Å². The third-order valence-electron chi connectivity index (χ3n) is 2.75. The number of rotatable bonds is 6. The normalized spacial score (nSPS) is 11.4. The van der Waals surface area contributed by atoms with Gasteiger partial charge in [-0.15, -0.1) is 11.3 Å². The molecule has 1 aromatic heterocycles. The van der Waals surface area contributed by atoms with Gasteiger partial charge in [0.15, 0.2) is 0 Å². The second kappa shape index (κ2) is 6.78. The van der Waals surface area contributed by atoms with Gasteiger partial charge in [0.25, 0.3) is 0 Å². The molecule has 1 N–H and O–H groups in total. The fourth-order valence-corrected chi connectivity index (χ4v) is 4.77. The summed E-state index contributed by atoms with van der Waals surface area (Å²) in [4.78, 5) is 0. The minimum atomic E-state index is -3.54. The van der Waals surface area contributed by atoms with Gasteiger partial charge in [-0.3, -0.25) is 0 Å². The van der Waals surface area contributed by atoms with Crippen molar-refractivity contribution in [1.82, 2.24) is 4.72 Å². The Kier molecular flexibility index (Phi) is 5.26. The van der Waals surface area contributed by atoms with Gasteiger partial charge < -0.3 is 9.47 Å². The molecule has 5 nitrogen and oxygen atoms in total. The van der Waals surface area contributed by atoms with Crippen molar-refractivity contribution in [2.45, 2.75) is 10.8 Å². The summed E-state index contributed by atoms with van der Waals surface area (Å²) in [5.41, 5.74) is 0.705. The molecule has 0 radical (unpaired) electrons. The number of ether oxygens (including phenoxy) is 2. The lowest BCUT2D eigenvalue weighted by Crippen LogP contribution is -2.22. The Morgan fingerprint density at radius 1 is 1.19 bits per heavy atom. The quantitative estimate of drug-likeness (QED) is 0.821. The van der Waals surface area contributed by atoms with Gasteiger partial charge in [0.1, 0.15) is 15.7 Å². The first kappa shape index (κ1) is 16.3. The predicted octanol–water partition coefficient (Wildman–Crippen LogP) is 3.01. The molecule has 0 aliphatic carbocycles. The third-order valence-corrected chi connectivity index (χ3v) is 6.27. The van der Waals surface area contributed by atoms with Crippen LogP contribution in [0.3, 0.4) is 0 Å². The molecule has 0 unspecified atom stereocenters. The van der Waals surface area contributed by atoms with E-state index in [2.05, 4.69) is 20.7 Å². The van der Waals surface area contributed by atoms with E-state index in [9.17, 15) is 8.42 Å². The Hall–Kier alpha value is -1.09. The second-order valence-corrected chi connectivity index (χ2v) is 8.52. The van der Waals surface area contributed by atoms with E-state index in [1.165, 1.54) is 7.11 Å². The first-order valence-corrected chi connectivity index (χ1v) is 9.01. The van der Waals surface area contributed by atoms with Crippen molar-refractivity contribution in [1.29, 1.82) is 0 Å². The lowest BCUT2D eigenvalue weighted by atomic mass is 10.2. The van der Waals surface area contributed by atoms with E-state index in [4.69, 9.17) is 9.47 Å². The Balaban J connectivity index is 2.19. The number of thiophene rings is 1. The molecule has 2 rings (SSSR count). The van der Waals surface area contributed by atoms with Crippen LogP contribution in [0.4, 0.5) is 0 Å². The van der Waals surface area contributed by atoms with Gasteiger partial charge in [-0.2, -0.15) is 0 Å². The fraction of sp³-hybridized carbons (Fsp3) is 0.231. The van der Waals surface area contributed by atoms with Crippen LogP contribution in [0.25, 0.3) is 0 Å². The molecular weight excluding hydrogens is 378 g/mol. The van der Waals surface area contributed by atoms with E-state index in [-0.39, 0.29) is 10.8 Å². The number of methoxy groups -OCH3 is 2. The van der Waals surface area contributed by atoms with Gasteiger partial charge in [-0.05, 0) is 46.3 Å². The minimum Gasteiger partial charge on any atom is -0.497 e. The van der Waals surface area contributed by atoms with Gasteiger partial charge in [-0.25, -0.2) is 13.1 Å². The van der Waals surface area contributed by atoms with Crippen molar-refractivity contribution in [3.63, 3.8) is 0 Å². The van der Waals surface area contributed by atoms with E-state index < -0.39 is 10.0 Å². The molecule has 0 amide bonds. The van der Waals surface area contributed by atoms with Crippen molar-refractivity contribution < 1.29 is 17.9 Å². The summed E-state index contributed by atoms with van der Waals surface area (Å²) >= 11 is 4.41. The van der Waals surface area contributed by atoms with Crippen molar-refractivity contribution in [3.05, 3.63) is 39.7 Å². The van der Waals surface area contributed by atoms with Crippen LogP contribution in [0.2, 0.25) is 0 Å². The maximum absolute atomic E-state index is 12.2. The van der Waals surface area contributed by atoms with E-state index >= 15 is 0 Å². The molecule has 2 aromatic rings. The van der Waals surface area contributed by atoms with Gasteiger partial charge in [-0.1, -0.05) is 0 Å². The molecule has 0 spiro atoms. The van der Waals surface area contributed by atoms with Crippen molar-refractivity contribution in [2.75, 3.05) is 14.2 Å². The SMILES string of the molecule is COc1ccc(OC)c(CNS(=O)(=O)c2ccc(Br)s2)c1. The van der Waals surface area contributed by atoms with Gasteiger partial charge in [0.2, 0.25) is 10.0 Å². The van der Waals surface area contributed by atoms with E-state index in [0.29, 0.717) is 17.1 Å². The average Bonchev–Trinajstić information content (AvgIpc) is 2.92. The summed E-state index contributed by atoms with van der Waals surface area (Å²) < 4.78 is 38.3. The van der Waals surface area contributed by atoms with Crippen LogP contribution in [0.5, 0.6) is 11.5 Å². The molecule has 114 valence electrons. The van der Waals surface area contributed by atoms with E-state index in [1.807, 2.05) is 0 Å². The first-order chi connectivity index (χ1) is 9.96. The highest BCUT2D eigenvalue weighted by Crippen LogP contribution is 2.27. The smallest absolute Gasteiger partial charge is 0.250 e. The molecule has 1 aromatic carbocycles. The van der Waals surface area contributed by atoms with Crippen LogP contribution in [0.15, 0.2) is 38.3 Å². The molecule has 21 heavy (non-hydrogen) atoms. The standard InChI is InChI=1S/C13H14BrNO4S2/c1-18-10-3-4-11(19-2)9(7-10)8-15-21(16,17)13-6-5-12(14)20-13/h3-7,15H,8H2,1-2H3. The van der Waals surface area contributed by atoms with Crippen LogP contribution in [0.1, 0.15) is 5.56 Å². The predicted molar refractivity (Wildman–Crippen MR) is 85.6 cm³/mol. The van der Waals surface area contributed by atoms with Crippen molar-refractivity contribution in [3.8, 4) is 11.5 Å². The Bertz CT molecular complexity index is 728. The topological polar surface area (TPSA) is 64.6 Å². The van der Waals surface area contributed by atoms with Crippen LogP contribution in [-0.2, 0) is 16.6 Å². The Morgan fingerprint density at radius 2 is 1.95 bits per heavy atom. The van der Waals surface area contributed by atoms with Crippen molar-refractivity contribution in [2.24, 2.45) is 0 Å². The number of hydrogen-bond acceptors (Lipinski definition) is 5. The highest BCUT2D eigenvalue weighted by atomic mass is 79.9. The molecule has 0 saturated heterocycles. The number of hydrogen-bond donors (Lipinski definition) is 1. The lowest BCUT2D eigenvalue weighted by molar-refractivity contribution is 0.398. The maximum Gasteiger partial charge on any atom is 0.250 e. The summed E-state index contributed by atoms with van der Waals surface area (Å²) in [7, 11) is -0.448. The Morgan fingerprint density at radius 3 is 2.52 bits per heavy atom.